The minimum atomic E-state index is -3.72. The molecule has 2 heterocycles. The highest BCUT2D eigenvalue weighted by atomic mass is 35.5. The van der Waals surface area contributed by atoms with Gasteiger partial charge in [-0.05, 0) is 135 Å². The first kappa shape index (κ1) is 42.9. The molecule has 5 atom stereocenters. The second kappa shape index (κ2) is 18.3. The number of esters is 1. The summed E-state index contributed by atoms with van der Waals surface area (Å²) in [6, 6.07) is 26.9. The van der Waals surface area contributed by atoms with Crippen LogP contribution in [0.25, 0.3) is 0 Å². The Morgan fingerprint density at radius 2 is 1.66 bits per heavy atom. The van der Waals surface area contributed by atoms with Gasteiger partial charge in [0.05, 0.1) is 50.1 Å². The Labute approximate surface area is 365 Å². The van der Waals surface area contributed by atoms with Crippen LogP contribution in [0.5, 0.6) is 17.2 Å². The van der Waals surface area contributed by atoms with Gasteiger partial charge < -0.3 is 28.7 Å². The van der Waals surface area contributed by atoms with Crippen molar-refractivity contribution in [1.29, 1.82) is 0 Å². The maximum atomic E-state index is 14.3. The van der Waals surface area contributed by atoms with E-state index in [2.05, 4.69) is 22.2 Å². The molecule has 0 bridgehead atoms. The molecule has 1 saturated carbocycles. The van der Waals surface area contributed by atoms with Crippen molar-refractivity contribution in [3.63, 3.8) is 0 Å². The van der Waals surface area contributed by atoms with Crippen molar-refractivity contribution >= 4 is 39.0 Å². The Morgan fingerprint density at radius 1 is 0.951 bits per heavy atom. The van der Waals surface area contributed by atoms with Crippen molar-refractivity contribution in [1.82, 2.24) is 4.31 Å². The number of hydrogen-bond acceptors (Lipinski definition) is 10. The maximum Gasteiger partial charge on any atom is 0.337 e. The van der Waals surface area contributed by atoms with Gasteiger partial charge in [0.15, 0.2) is 0 Å². The van der Waals surface area contributed by atoms with Crippen molar-refractivity contribution in [2.24, 2.45) is 17.0 Å². The van der Waals surface area contributed by atoms with Crippen molar-refractivity contribution < 1.29 is 37.0 Å². The predicted octanol–water partition coefficient (Wildman–Crippen LogP) is 8.99. The SMILES string of the molecule is COC(=O)c1ccc2c(c1)N(C[C@@H]1CC[C@H]1[C@@H]1CC(CC[C@@H](C)S(=O)(=O)N(Cc3ccc(OC)cc3)Cc3ccc(OC)cc3)=NO1)CC1(CCCc3cc(Cl)ccc31)CO2. The summed E-state index contributed by atoms with van der Waals surface area (Å²) in [7, 11) is 0.913. The lowest BCUT2D eigenvalue weighted by atomic mass is 9.68. The van der Waals surface area contributed by atoms with Crippen LogP contribution in [0.15, 0.2) is 90.1 Å². The summed E-state index contributed by atoms with van der Waals surface area (Å²) in [4.78, 5) is 21.3. The topological polar surface area (TPSA) is 116 Å². The van der Waals surface area contributed by atoms with E-state index < -0.39 is 15.3 Å². The minimum Gasteiger partial charge on any atom is -0.497 e. The van der Waals surface area contributed by atoms with Gasteiger partial charge in [-0.15, -0.1) is 0 Å². The zero-order chi connectivity index (χ0) is 42.7. The number of carbonyl (C=O) groups is 1. The molecule has 4 aliphatic rings. The minimum absolute atomic E-state index is 0.0714. The van der Waals surface area contributed by atoms with E-state index in [0.29, 0.717) is 48.8 Å². The summed E-state index contributed by atoms with van der Waals surface area (Å²) in [5, 5.41) is 4.65. The fourth-order valence-electron chi connectivity index (χ4n) is 9.66. The zero-order valence-corrected chi connectivity index (χ0v) is 37.1. The van der Waals surface area contributed by atoms with Gasteiger partial charge in [-0.3, -0.25) is 0 Å². The van der Waals surface area contributed by atoms with E-state index >= 15 is 0 Å². The first-order valence-electron chi connectivity index (χ1n) is 21.3. The third-order valence-corrected chi connectivity index (χ3v) is 15.8. The van der Waals surface area contributed by atoms with Gasteiger partial charge in [0.2, 0.25) is 10.0 Å². The molecule has 0 N–H and O–H groups in total. The summed E-state index contributed by atoms with van der Waals surface area (Å²) < 4.78 is 52.6. The Bertz CT molecular complexity index is 2290. The number of nitrogens with zero attached hydrogens (tertiary/aromatic N) is 3. The number of halogens is 1. The van der Waals surface area contributed by atoms with Crippen LogP contribution in [-0.4, -0.2) is 76.8 Å². The molecule has 2 aliphatic heterocycles. The lowest BCUT2D eigenvalue weighted by molar-refractivity contribution is -0.0213. The molecule has 4 aromatic rings. The molecular formula is C48H56ClN3O8S. The van der Waals surface area contributed by atoms with E-state index in [9.17, 15) is 13.2 Å². The molecule has 0 saturated heterocycles. The molecule has 1 spiro atoms. The predicted molar refractivity (Wildman–Crippen MR) is 238 cm³/mol. The Hall–Kier alpha value is -4.78. The molecule has 4 aromatic carbocycles. The number of benzene rings is 4. The summed E-state index contributed by atoms with van der Waals surface area (Å²) in [6.07, 6.45) is 6.66. The van der Waals surface area contributed by atoms with E-state index in [1.165, 1.54) is 18.2 Å². The second-order valence-electron chi connectivity index (χ2n) is 17.1. The number of aryl methyl sites for hydroxylation is 1. The van der Waals surface area contributed by atoms with Gasteiger partial charge in [0.1, 0.15) is 23.4 Å². The van der Waals surface area contributed by atoms with Crippen molar-refractivity contribution in [2.45, 2.75) is 88.1 Å². The van der Waals surface area contributed by atoms with Crippen molar-refractivity contribution in [3.8, 4) is 17.2 Å². The van der Waals surface area contributed by atoms with Crippen LogP contribution in [0.3, 0.4) is 0 Å². The number of ether oxygens (including phenoxy) is 4. The normalized spacial score (nSPS) is 22.5. The number of anilines is 1. The average molecular weight is 871 g/mol. The lowest BCUT2D eigenvalue weighted by Crippen LogP contribution is -2.49. The lowest BCUT2D eigenvalue weighted by Gasteiger charge is -2.45. The Balaban J connectivity index is 0.939. The summed E-state index contributed by atoms with van der Waals surface area (Å²) in [5.41, 5.74) is 6.38. The Morgan fingerprint density at radius 3 is 2.30 bits per heavy atom. The molecule has 1 unspecified atom stereocenters. The number of rotatable bonds is 15. The quantitative estimate of drug-likeness (QED) is 0.108. The Kier molecular flexibility index (Phi) is 12.9. The molecule has 2 aliphatic carbocycles. The largest absolute Gasteiger partial charge is 0.497 e. The van der Waals surface area contributed by atoms with Gasteiger partial charge in [0.25, 0.3) is 0 Å². The van der Waals surface area contributed by atoms with E-state index in [1.807, 2.05) is 66.7 Å². The molecule has 0 radical (unpaired) electrons. The molecule has 1 fully saturated rings. The molecule has 0 aromatic heterocycles. The molecular weight excluding hydrogens is 814 g/mol. The fourth-order valence-corrected chi connectivity index (χ4v) is 11.4. The van der Waals surface area contributed by atoms with Gasteiger partial charge >= 0.3 is 5.97 Å². The number of carbonyl (C=O) groups excluding carboxylic acids is 1. The van der Waals surface area contributed by atoms with Crippen LogP contribution in [0.4, 0.5) is 5.69 Å². The number of oxime groups is 1. The van der Waals surface area contributed by atoms with Crippen LogP contribution in [-0.2, 0) is 44.5 Å². The van der Waals surface area contributed by atoms with Gasteiger partial charge in [-0.2, -0.15) is 4.31 Å². The number of hydrogen-bond donors (Lipinski definition) is 0. The third-order valence-electron chi connectivity index (χ3n) is 13.4. The maximum absolute atomic E-state index is 14.3. The first-order valence-corrected chi connectivity index (χ1v) is 23.2. The van der Waals surface area contributed by atoms with E-state index in [4.69, 9.17) is 35.4 Å². The van der Waals surface area contributed by atoms with Crippen molar-refractivity contribution in [2.75, 3.05) is 45.9 Å². The van der Waals surface area contributed by atoms with Gasteiger partial charge in [-0.1, -0.05) is 47.1 Å². The monoisotopic (exact) mass is 869 g/mol. The van der Waals surface area contributed by atoms with Gasteiger partial charge in [-0.25, -0.2) is 13.2 Å². The third kappa shape index (κ3) is 9.22. The highest BCUT2D eigenvalue weighted by molar-refractivity contribution is 7.89. The smallest absolute Gasteiger partial charge is 0.337 e. The fraction of sp³-hybridized carbons (Fsp3) is 0.458. The van der Waals surface area contributed by atoms with Crippen LogP contribution >= 0.6 is 11.6 Å². The van der Waals surface area contributed by atoms with E-state index in [1.54, 1.807) is 31.5 Å². The first-order chi connectivity index (χ1) is 29.5. The molecule has 13 heteroatoms. The van der Waals surface area contributed by atoms with Crippen molar-refractivity contribution in [3.05, 3.63) is 118 Å². The number of fused-ring (bicyclic) bond motifs is 3. The molecule has 324 valence electrons. The highest BCUT2D eigenvalue weighted by Gasteiger charge is 2.46. The number of sulfonamides is 1. The molecule has 8 rings (SSSR count). The molecule has 11 nitrogen and oxygen atoms in total. The average Bonchev–Trinajstić information content (AvgIpc) is 3.67. The molecule has 61 heavy (non-hydrogen) atoms. The summed E-state index contributed by atoms with van der Waals surface area (Å²) in [5.74, 6) is 2.44. The van der Waals surface area contributed by atoms with E-state index in [-0.39, 0.29) is 36.5 Å². The molecule has 0 amide bonds. The summed E-state index contributed by atoms with van der Waals surface area (Å²) in [6.45, 7) is 4.32. The van der Waals surface area contributed by atoms with Crippen LogP contribution in [0.2, 0.25) is 5.02 Å². The van der Waals surface area contributed by atoms with Gasteiger partial charge in [0, 0.05) is 49.0 Å². The second-order valence-corrected chi connectivity index (χ2v) is 19.9. The van der Waals surface area contributed by atoms with Crippen LogP contribution in [0, 0.1) is 11.8 Å². The van der Waals surface area contributed by atoms with Crippen LogP contribution < -0.4 is 19.1 Å². The van der Waals surface area contributed by atoms with E-state index in [0.717, 1.165) is 78.5 Å². The standard InChI is InChI=1S/C48H56ClN3O8S/c1-32(61(54,55)52(27-33-8-16-40(56-2)17-9-33)28-34-10-18-41(57-3)19-11-34)7-15-39-26-46(60-50-39)42-20-12-37(42)29-51-30-48(23-5-6-35-24-38(49)14-21-43(35)48)31-59-45-22-13-36(25-44(45)51)47(53)58-4/h8-11,13-14,16-19,21-22,24-25,32,37,42,46H,5-7,12,15,20,23,26-31H2,1-4H3/t32-,37+,42-,46+,48?/m1/s1. The highest BCUT2D eigenvalue weighted by Crippen LogP contribution is 2.47. The zero-order valence-electron chi connectivity index (χ0n) is 35.5. The number of methoxy groups -OCH3 is 3. The summed E-state index contributed by atoms with van der Waals surface area (Å²) >= 11 is 6.48. The van der Waals surface area contributed by atoms with Crippen LogP contribution in [0.1, 0.15) is 84.5 Å².